The third-order valence-electron chi connectivity index (χ3n) is 1.25. The van der Waals surface area contributed by atoms with Gasteiger partial charge in [0.25, 0.3) is 0 Å². The summed E-state index contributed by atoms with van der Waals surface area (Å²) in [5.41, 5.74) is -0.345. The van der Waals surface area contributed by atoms with Crippen molar-refractivity contribution in [1.82, 2.24) is 0 Å². The molecular formula is C10H13FO. The Morgan fingerprint density at radius 2 is 1.75 bits per heavy atom. The molecule has 12 heavy (non-hydrogen) atoms. The number of rotatable bonds is 1. The Hall–Kier alpha value is -1.05. The van der Waals surface area contributed by atoms with Crippen LogP contribution in [0.25, 0.3) is 0 Å². The fraction of sp³-hybridized carbons (Fsp3) is 0.400. The van der Waals surface area contributed by atoms with Gasteiger partial charge in [0, 0.05) is 0 Å². The SMILES string of the molecule is CC(C)(C)Oc1ccccc1[18F]. The van der Waals surface area contributed by atoms with E-state index in [4.69, 9.17) is 4.74 Å². The topological polar surface area (TPSA) is 9.23 Å². The highest BCUT2D eigenvalue weighted by Gasteiger charge is 2.13. The van der Waals surface area contributed by atoms with Gasteiger partial charge in [-0.25, -0.2) is 4.39 Å². The van der Waals surface area contributed by atoms with Crippen LogP contribution in [0.5, 0.6) is 5.75 Å². The van der Waals surface area contributed by atoms with Gasteiger partial charge in [-0.2, -0.15) is 0 Å². The Morgan fingerprint density at radius 3 is 2.25 bits per heavy atom. The molecule has 0 saturated heterocycles. The highest BCUT2D eigenvalue weighted by atomic mass is 18.2. The number of hydrogen-bond acceptors (Lipinski definition) is 1. The molecule has 0 saturated carbocycles. The minimum atomic E-state index is -0.345. The van der Waals surface area contributed by atoms with Crippen LogP contribution < -0.4 is 4.74 Å². The Bertz CT molecular complexity index is 263. The van der Waals surface area contributed by atoms with Crippen LogP contribution in [0, 0.1) is 5.82 Å². The lowest BCUT2D eigenvalue weighted by atomic mass is 10.2. The van der Waals surface area contributed by atoms with Gasteiger partial charge < -0.3 is 4.74 Å². The molecule has 1 rings (SSSR count). The van der Waals surface area contributed by atoms with E-state index in [1.165, 1.54) is 6.07 Å². The van der Waals surface area contributed by atoms with E-state index < -0.39 is 0 Å². The molecule has 1 nitrogen and oxygen atoms in total. The van der Waals surface area contributed by atoms with E-state index in [1.54, 1.807) is 18.2 Å². The van der Waals surface area contributed by atoms with Gasteiger partial charge in [0.15, 0.2) is 11.6 Å². The molecule has 0 bridgehead atoms. The van der Waals surface area contributed by atoms with E-state index in [2.05, 4.69) is 0 Å². The summed E-state index contributed by atoms with van der Waals surface area (Å²) < 4.78 is 18.4. The molecule has 1 aromatic rings. The van der Waals surface area contributed by atoms with Gasteiger partial charge in [-0.1, -0.05) is 12.1 Å². The zero-order valence-corrected chi connectivity index (χ0v) is 7.60. The van der Waals surface area contributed by atoms with Crippen molar-refractivity contribution in [3.05, 3.63) is 30.1 Å². The van der Waals surface area contributed by atoms with Crippen LogP contribution in [0.15, 0.2) is 24.3 Å². The van der Waals surface area contributed by atoms with E-state index in [-0.39, 0.29) is 11.4 Å². The molecule has 0 N–H and O–H groups in total. The molecule has 0 aromatic heterocycles. The zero-order valence-electron chi connectivity index (χ0n) is 7.60. The van der Waals surface area contributed by atoms with E-state index >= 15 is 0 Å². The molecule has 0 amide bonds. The van der Waals surface area contributed by atoms with Gasteiger partial charge in [0.2, 0.25) is 0 Å². The summed E-state index contributed by atoms with van der Waals surface area (Å²) in [6.45, 7) is 5.66. The monoisotopic (exact) mass is 167 g/mol. The highest BCUT2D eigenvalue weighted by Crippen LogP contribution is 2.20. The number of halogens is 1. The summed E-state index contributed by atoms with van der Waals surface area (Å²) in [5.74, 6) is -0.00238. The molecule has 0 fully saturated rings. The first-order chi connectivity index (χ1) is 5.49. The summed E-state index contributed by atoms with van der Waals surface area (Å²) in [6.07, 6.45) is 0. The van der Waals surface area contributed by atoms with Crippen molar-refractivity contribution in [1.29, 1.82) is 0 Å². The van der Waals surface area contributed by atoms with Crippen LogP contribution in [-0.4, -0.2) is 5.60 Å². The summed E-state index contributed by atoms with van der Waals surface area (Å²) in [7, 11) is 0. The first kappa shape index (κ1) is 9.04. The Labute approximate surface area is 72.2 Å². The molecule has 0 aliphatic rings. The van der Waals surface area contributed by atoms with Crippen molar-refractivity contribution in [2.45, 2.75) is 26.4 Å². The summed E-state index contributed by atoms with van der Waals surface area (Å²) in [6, 6.07) is 6.41. The van der Waals surface area contributed by atoms with E-state index in [0.29, 0.717) is 5.75 Å². The molecule has 0 aliphatic carbocycles. The van der Waals surface area contributed by atoms with E-state index in [0.717, 1.165) is 0 Å². The minimum absolute atomic E-state index is 0.310. The van der Waals surface area contributed by atoms with Crippen LogP contribution in [0.3, 0.4) is 0 Å². The first-order valence-corrected chi connectivity index (χ1v) is 3.92. The second-order valence-corrected chi connectivity index (χ2v) is 3.64. The van der Waals surface area contributed by atoms with Crippen molar-refractivity contribution in [3.63, 3.8) is 0 Å². The molecule has 0 spiro atoms. The predicted molar refractivity (Wildman–Crippen MR) is 46.8 cm³/mol. The van der Waals surface area contributed by atoms with Gasteiger partial charge in [-0.05, 0) is 32.9 Å². The lowest BCUT2D eigenvalue weighted by molar-refractivity contribution is 0.124. The van der Waals surface area contributed by atoms with Crippen molar-refractivity contribution >= 4 is 0 Å². The Morgan fingerprint density at radius 1 is 1.17 bits per heavy atom. The van der Waals surface area contributed by atoms with Crippen LogP contribution >= 0.6 is 0 Å². The van der Waals surface area contributed by atoms with Gasteiger partial charge in [0.05, 0.1) is 0 Å². The van der Waals surface area contributed by atoms with Crippen LogP contribution in [-0.2, 0) is 0 Å². The number of benzene rings is 1. The maximum Gasteiger partial charge on any atom is 0.165 e. The Kier molecular flexibility index (Phi) is 2.36. The van der Waals surface area contributed by atoms with E-state index in [9.17, 15) is 4.39 Å². The van der Waals surface area contributed by atoms with Crippen LogP contribution in [0.4, 0.5) is 4.39 Å². The van der Waals surface area contributed by atoms with Crippen LogP contribution in [0.1, 0.15) is 20.8 Å². The smallest absolute Gasteiger partial charge is 0.165 e. The maximum atomic E-state index is 13.0. The average molecular weight is 167 g/mol. The molecule has 1 aromatic carbocycles. The third-order valence-corrected chi connectivity index (χ3v) is 1.25. The van der Waals surface area contributed by atoms with Crippen molar-refractivity contribution in [2.24, 2.45) is 0 Å². The fourth-order valence-corrected chi connectivity index (χ4v) is 0.857. The quantitative estimate of drug-likeness (QED) is 0.624. The normalized spacial score (nSPS) is 11.3. The van der Waals surface area contributed by atoms with E-state index in [1.807, 2.05) is 20.8 Å². The Balaban J connectivity index is 2.83. The van der Waals surface area contributed by atoms with Gasteiger partial charge in [-0.3, -0.25) is 0 Å². The summed E-state index contributed by atoms with van der Waals surface area (Å²) >= 11 is 0. The number of hydrogen-bond donors (Lipinski definition) is 0. The minimum Gasteiger partial charge on any atom is -0.485 e. The van der Waals surface area contributed by atoms with Crippen molar-refractivity contribution < 1.29 is 9.13 Å². The molecule has 0 radical (unpaired) electrons. The molecular weight excluding hydrogens is 154 g/mol. The van der Waals surface area contributed by atoms with Gasteiger partial charge in [0.1, 0.15) is 5.60 Å². The molecule has 0 atom stereocenters. The number of ether oxygens (including phenoxy) is 1. The molecule has 0 aliphatic heterocycles. The molecule has 0 unspecified atom stereocenters. The maximum absolute atomic E-state index is 13.0. The van der Waals surface area contributed by atoms with Crippen molar-refractivity contribution in [2.75, 3.05) is 0 Å². The average Bonchev–Trinajstić information content (AvgIpc) is 1.91. The molecule has 0 heterocycles. The standard InChI is InChI=1S/C10H13FO/c1-10(2,3)12-9-7-5-4-6-8(9)11/h4-7H,1-3H3/i11-1. The highest BCUT2D eigenvalue weighted by molar-refractivity contribution is 5.24. The van der Waals surface area contributed by atoms with Crippen molar-refractivity contribution in [3.8, 4) is 5.75 Å². The summed E-state index contributed by atoms with van der Waals surface area (Å²) in [4.78, 5) is 0. The third kappa shape index (κ3) is 2.53. The van der Waals surface area contributed by atoms with Gasteiger partial charge in [-0.15, -0.1) is 0 Å². The molecule has 66 valence electrons. The number of para-hydroxylation sites is 1. The second-order valence-electron chi connectivity index (χ2n) is 3.64. The zero-order chi connectivity index (χ0) is 9.19. The lowest BCUT2D eigenvalue weighted by Crippen LogP contribution is -2.23. The summed E-state index contributed by atoms with van der Waals surface area (Å²) in [5, 5.41) is 0. The fourth-order valence-electron chi connectivity index (χ4n) is 0.857. The predicted octanol–water partition coefficient (Wildman–Crippen LogP) is 3.00. The largest absolute Gasteiger partial charge is 0.485 e. The second kappa shape index (κ2) is 3.13. The van der Waals surface area contributed by atoms with Gasteiger partial charge >= 0.3 is 0 Å². The molecule has 2 heteroatoms. The first-order valence-electron chi connectivity index (χ1n) is 3.92. The van der Waals surface area contributed by atoms with Crippen LogP contribution in [0.2, 0.25) is 0 Å². The lowest BCUT2D eigenvalue weighted by Gasteiger charge is -2.21.